The van der Waals surface area contributed by atoms with Crippen LogP contribution in [0.2, 0.25) is 0 Å². The van der Waals surface area contributed by atoms with Crippen LogP contribution in [-0.4, -0.2) is 107 Å². The Balaban J connectivity index is 0.00000480. The summed E-state index contributed by atoms with van der Waals surface area (Å²) in [6, 6.07) is -3.34. The number of hydrogen-bond acceptors (Lipinski definition) is 10. The summed E-state index contributed by atoms with van der Waals surface area (Å²) < 4.78 is 31.7. The standard InChI is InChI=1S/C13H15ClN6O8S2.Na.H/c1-16-11(23)8-7(13(24)20(8)30(25,26)27)18-10(22)6(19-28-2)4-3-29-12(17-4)5(14)9(15)21;;/h3,5,7-8H,1-2H3,(H2,15,21)(H,16,23)(H,18,22)(H,25,26,27);;/b19-6-;;. The van der Waals surface area contributed by atoms with Crippen molar-refractivity contribution in [1.82, 2.24) is 19.9 Å². The summed E-state index contributed by atoms with van der Waals surface area (Å²) in [5.41, 5.74) is 4.55. The number of aromatic nitrogens is 1. The summed E-state index contributed by atoms with van der Waals surface area (Å²) in [5, 5.41) is 7.89. The first-order chi connectivity index (χ1) is 13.9. The van der Waals surface area contributed by atoms with Crippen LogP contribution in [0.5, 0.6) is 0 Å². The molecule has 31 heavy (non-hydrogen) atoms. The van der Waals surface area contributed by atoms with Crippen LogP contribution in [-0.2, 0) is 34.3 Å². The second-order valence-corrected chi connectivity index (χ2v) is 8.20. The molecule has 1 saturated heterocycles. The van der Waals surface area contributed by atoms with E-state index in [4.69, 9.17) is 21.9 Å². The molecular weight excluding hydrogens is 491 g/mol. The zero-order chi connectivity index (χ0) is 22.8. The van der Waals surface area contributed by atoms with E-state index >= 15 is 0 Å². The minimum atomic E-state index is -5.04. The molecule has 14 nitrogen and oxygen atoms in total. The van der Waals surface area contributed by atoms with E-state index in [9.17, 15) is 27.6 Å². The zero-order valence-corrected chi connectivity index (χ0v) is 17.6. The van der Waals surface area contributed by atoms with Crippen LogP contribution < -0.4 is 16.4 Å². The molecule has 1 aromatic heterocycles. The summed E-state index contributed by atoms with van der Waals surface area (Å²) in [5.74, 6) is -4.12. The normalized spacial score (nSPS) is 19.5. The fraction of sp³-hybridized carbons (Fsp3) is 0.385. The number of β-lactam (4-membered cyclic amide) rings is 1. The molecule has 2 rings (SSSR count). The molecule has 0 bridgehead atoms. The number of rotatable bonds is 8. The van der Waals surface area contributed by atoms with Gasteiger partial charge in [0.1, 0.15) is 23.9 Å². The number of hydrogen-bond donors (Lipinski definition) is 4. The van der Waals surface area contributed by atoms with E-state index in [1.165, 1.54) is 12.4 Å². The summed E-state index contributed by atoms with van der Waals surface area (Å²) in [7, 11) is -2.75. The number of carbonyl (C=O) groups excluding carboxylic acids is 4. The SMILES string of the molecule is CNC(=O)C1C(NC(=O)/C(=N\OC)c2csc(C(Cl)C(N)=O)n2)C(=O)N1S(=O)(=O)O.[NaH]. The van der Waals surface area contributed by atoms with Gasteiger partial charge in [0.25, 0.3) is 11.8 Å². The fourth-order valence-corrected chi connectivity index (χ4v) is 4.24. The Labute approximate surface area is 206 Å². The molecule has 166 valence electrons. The van der Waals surface area contributed by atoms with Crippen molar-refractivity contribution >= 4 is 92.1 Å². The molecule has 5 N–H and O–H groups in total. The molecule has 1 aromatic rings. The molecule has 0 spiro atoms. The second kappa shape index (κ2) is 10.7. The van der Waals surface area contributed by atoms with Crippen molar-refractivity contribution in [1.29, 1.82) is 0 Å². The van der Waals surface area contributed by atoms with Gasteiger partial charge in [-0.15, -0.1) is 22.9 Å². The number of halogens is 1. The van der Waals surface area contributed by atoms with Crippen LogP contribution in [0.3, 0.4) is 0 Å². The van der Waals surface area contributed by atoms with Crippen LogP contribution in [0.25, 0.3) is 0 Å². The van der Waals surface area contributed by atoms with E-state index in [0.717, 1.165) is 18.4 Å². The average Bonchev–Trinajstić information content (AvgIpc) is 3.14. The number of primary amides is 1. The third-order valence-corrected chi connectivity index (χ3v) is 6.10. The maximum atomic E-state index is 12.6. The first kappa shape index (κ1) is 27.2. The third-order valence-electron chi connectivity index (χ3n) is 3.73. The number of nitrogens with one attached hydrogen (secondary N) is 2. The van der Waals surface area contributed by atoms with Gasteiger partial charge in [-0.3, -0.25) is 23.7 Å². The van der Waals surface area contributed by atoms with Gasteiger partial charge >= 0.3 is 39.9 Å². The molecule has 3 unspecified atom stereocenters. The molecule has 1 fully saturated rings. The monoisotopic (exact) mass is 506 g/mol. The van der Waals surface area contributed by atoms with Crippen molar-refractivity contribution in [2.45, 2.75) is 17.5 Å². The van der Waals surface area contributed by atoms with Gasteiger partial charge in [-0.25, -0.2) is 4.98 Å². The van der Waals surface area contributed by atoms with Crippen molar-refractivity contribution in [3.63, 3.8) is 0 Å². The van der Waals surface area contributed by atoms with E-state index in [0.29, 0.717) is 0 Å². The van der Waals surface area contributed by atoms with E-state index in [1.807, 2.05) is 0 Å². The van der Waals surface area contributed by atoms with E-state index in [2.05, 4.69) is 25.6 Å². The van der Waals surface area contributed by atoms with Gasteiger partial charge in [-0.2, -0.15) is 12.7 Å². The van der Waals surface area contributed by atoms with Gasteiger partial charge in [-0.05, 0) is 0 Å². The summed E-state index contributed by atoms with van der Waals surface area (Å²) in [6.45, 7) is 0. The Morgan fingerprint density at radius 2 is 2.06 bits per heavy atom. The van der Waals surface area contributed by atoms with E-state index in [-0.39, 0.29) is 44.6 Å². The number of likely N-dealkylation sites (N-methyl/N-ethyl adjacent to an activating group) is 1. The number of oxime groups is 1. The summed E-state index contributed by atoms with van der Waals surface area (Å²) in [6.07, 6.45) is 0. The van der Waals surface area contributed by atoms with Crippen LogP contribution in [0.15, 0.2) is 10.5 Å². The number of amides is 4. The molecule has 4 amide bonds. The fourth-order valence-electron chi connectivity index (χ4n) is 2.41. The number of alkyl halides is 1. The number of thiazole rings is 1. The molecule has 1 aliphatic rings. The Kier molecular flexibility index (Phi) is 9.36. The maximum absolute atomic E-state index is 12.6. The van der Waals surface area contributed by atoms with Gasteiger partial charge < -0.3 is 21.2 Å². The van der Waals surface area contributed by atoms with Crippen molar-refractivity contribution in [2.75, 3.05) is 14.2 Å². The molecule has 2 heterocycles. The predicted octanol–water partition coefficient (Wildman–Crippen LogP) is -3.15. The number of nitrogens with zero attached hydrogens (tertiary/aromatic N) is 3. The Morgan fingerprint density at radius 3 is 2.55 bits per heavy atom. The Morgan fingerprint density at radius 1 is 1.45 bits per heavy atom. The van der Waals surface area contributed by atoms with Crippen molar-refractivity contribution in [3.05, 3.63) is 16.1 Å². The first-order valence-corrected chi connectivity index (χ1v) is 10.5. The van der Waals surface area contributed by atoms with Crippen molar-refractivity contribution in [2.24, 2.45) is 10.9 Å². The van der Waals surface area contributed by atoms with Crippen LogP contribution in [0, 0.1) is 0 Å². The van der Waals surface area contributed by atoms with Crippen molar-refractivity contribution in [3.8, 4) is 0 Å². The molecule has 0 aliphatic carbocycles. The molecule has 0 saturated carbocycles. The molecule has 0 radical (unpaired) electrons. The van der Waals surface area contributed by atoms with Crippen LogP contribution in [0.1, 0.15) is 16.1 Å². The van der Waals surface area contributed by atoms with E-state index < -0.39 is 57.1 Å². The quantitative estimate of drug-likeness (QED) is 0.0699. The van der Waals surface area contributed by atoms with Crippen LogP contribution in [0.4, 0.5) is 0 Å². The van der Waals surface area contributed by atoms with Gasteiger partial charge in [0, 0.05) is 12.4 Å². The summed E-state index contributed by atoms with van der Waals surface area (Å²) >= 11 is 6.70. The minimum absolute atomic E-state index is 0. The topological polar surface area (TPSA) is 210 Å². The van der Waals surface area contributed by atoms with E-state index in [1.54, 1.807) is 0 Å². The van der Waals surface area contributed by atoms with Gasteiger partial charge in [0.15, 0.2) is 17.1 Å². The third kappa shape index (κ3) is 5.71. The van der Waals surface area contributed by atoms with Gasteiger partial charge in [0.2, 0.25) is 11.8 Å². The molecule has 1 aliphatic heterocycles. The molecular formula is C13H16ClN6NaO8S2. The Bertz CT molecular complexity index is 1030. The van der Waals surface area contributed by atoms with Crippen LogP contribution >= 0.6 is 22.9 Å². The van der Waals surface area contributed by atoms with Gasteiger partial charge in [-0.1, -0.05) is 5.16 Å². The zero-order valence-electron chi connectivity index (χ0n) is 15.2. The van der Waals surface area contributed by atoms with Crippen molar-refractivity contribution < 1.29 is 37.0 Å². The molecule has 18 heteroatoms. The second-order valence-electron chi connectivity index (χ2n) is 5.58. The number of nitrogens with two attached hydrogens (primary N) is 1. The molecule has 3 atom stereocenters. The van der Waals surface area contributed by atoms with Gasteiger partial charge in [0.05, 0.1) is 0 Å². The first-order valence-electron chi connectivity index (χ1n) is 7.77. The Hall–Kier alpha value is -1.82. The number of carbonyl (C=O) groups is 4. The average molecular weight is 507 g/mol. The summed E-state index contributed by atoms with van der Waals surface area (Å²) in [4.78, 5) is 56.4. The molecule has 0 aromatic carbocycles. The predicted molar refractivity (Wildman–Crippen MR) is 109 cm³/mol.